The van der Waals surface area contributed by atoms with Crippen LogP contribution in [0.3, 0.4) is 0 Å². The molecule has 1 unspecified atom stereocenters. The number of fused-ring (bicyclic) bond motifs is 1. The van der Waals surface area contributed by atoms with Crippen LogP contribution in [0, 0.1) is 6.92 Å². The molecule has 0 spiro atoms. The molecule has 0 saturated carbocycles. The predicted octanol–water partition coefficient (Wildman–Crippen LogP) is 9.20. The molecule has 1 aliphatic heterocycles. The van der Waals surface area contributed by atoms with Gasteiger partial charge in [0.2, 0.25) is 11.1 Å². The number of thioether (sulfide) groups is 1. The second kappa shape index (κ2) is 14.7. The molecular weight excluding hydrogens is 698 g/mol. The molecule has 47 heavy (non-hydrogen) atoms. The van der Waals surface area contributed by atoms with Crippen molar-refractivity contribution in [2.45, 2.75) is 44.3 Å². The summed E-state index contributed by atoms with van der Waals surface area (Å²) in [6.07, 6.45) is 0. The fraction of sp³-hybridized carbons (Fsp3) is 0.194. The van der Waals surface area contributed by atoms with Gasteiger partial charge in [0, 0.05) is 26.5 Å². The van der Waals surface area contributed by atoms with Crippen LogP contribution >= 0.6 is 39.3 Å². The van der Waals surface area contributed by atoms with Gasteiger partial charge in [-0.15, -0.1) is 5.10 Å². The van der Waals surface area contributed by atoms with E-state index in [4.69, 9.17) is 31.2 Å². The zero-order valence-corrected chi connectivity index (χ0v) is 29.2. The normalized spacial score (nSPS) is 13.9. The first-order valence-corrected chi connectivity index (χ1v) is 17.3. The number of halogens is 2. The molecule has 0 aliphatic carbocycles. The first-order chi connectivity index (χ1) is 22.8. The average molecular weight is 731 g/mol. The quantitative estimate of drug-likeness (QED) is 0.131. The van der Waals surface area contributed by atoms with Crippen molar-refractivity contribution in [2.24, 2.45) is 0 Å². The number of nitrogens with zero attached hydrogens (tertiary/aromatic N) is 3. The van der Waals surface area contributed by atoms with Crippen LogP contribution < -0.4 is 20.1 Å². The summed E-state index contributed by atoms with van der Waals surface area (Å²) >= 11 is 11.6. The van der Waals surface area contributed by atoms with E-state index in [0.717, 1.165) is 26.7 Å². The number of aromatic nitrogens is 3. The van der Waals surface area contributed by atoms with Crippen molar-refractivity contribution in [2.75, 3.05) is 17.2 Å². The topological polar surface area (TPSA) is 90.3 Å². The Bertz CT molecular complexity index is 1960. The molecule has 1 aliphatic rings. The van der Waals surface area contributed by atoms with E-state index in [0.29, 0.717) is 63.6 Å². The van der Waals surface area contributed by atoms with Gasteiger partial charge in [-0.3, -0.25) is 4.79 Å². The van der Waals surface area contributed by atoms with Gasteiger partial charge < -0.3 is 20.1 Å². The second-order valence-corrected chi connectivity index (χ2v) is 13.2. The lowest BCUT2D eigenvalue weighted by molar-refractivity contribution is -0.113. The van der Waals surface area contributed by atoms with Crippen LogP contribution in [-0.2, 0) is 17.2 Å². The Morgan fingerprint density at radius 1 is 0.979 bits per heavy atom. The Balaban J connectivity index is 1.41. The monoisotopic (exact) mass is 729 g/mol. The number of hydrogen-bond donors (Lipinski definition) is 2. The number of benzene rings is 4. The van der Waals surface area contributed by atoms with E-state index in [-0.39, 0.29) is 5.91 Å². The number of carbonyl (C=O) groups is 1. The van der Waals surface area contributed by atoms with E-state index in [2.05, 4.69) is 45.6 Å². The number of nitrogens with one attached hydrogen (secondary N) is 2. The first-order valence-electron chi connectivity index (χ1n) is 15.1. The van der Waals surface area contributed by atoms with Crippen molar-refractivity contribution in [3.63, 3.8) is 0 Å². The van der Waals surface area contributed by atoms with Crippen LogP contribution in [0.2, 0.25) is 5.02 Å². The lowest BCUT2D eigenvalue weighted by Gasteiger charge is -2.30. The standard InChI is InChI=1S/C36H33BrClN5O3S/c1-4-45-31-16-10-9-15-29(31)40-34(44)32-23(3)39-35-41-36(47-21-25-13-7-8-14-28(25)38)42-43(35)33(32)27-19-26(37)17-18-30(27)46-20-24-12-6-5-11-22(24)2/h5-19,33H,4,20-21H2,1-3H3,(H,40,44)(H,39,41,42). The molecule has 0 radical (unpaired) electrons. The zero-order chi connectivity index (χ0) is 32.9. The van der Waals surface area contributed by atoms with Gasteiger partial charge in [0.25, 0.3) is 5.91 Å². The highest BCUT2D eigenvalue weighted by Crippen LogP contribution is 2.42. The molecule has 8 nitrogen and oxygen atoms in total. The fourth-order valence-corrected chi connectivity index (χ4v) is 6.86. The molecule has 1 amide bonds. The Morgan fingerprint density at radius 2 is 1.72 bits per heavy atom. The Labute approximate surface area is 291 Å². The molecule has 2 N–H and O–H groups in total. The van der Waals surface area contributed by atoms with Gasteiger partial charge in [-0.2, -0.15) is 4.98 Å². The number of anilines is 2. The summed E-state index contributed by atoms with van der Waals surface area (Å²) in [4.78, 5) is 19.1. The van der Waals surface area contributed by atoms with Gasteiger partial charge in [0.15, 0.2) is 0 Å². The summed E-state index contributed by atoms with van der Waals surface area (Å²) in [5.74, 6) is 2.02. The number of aryl methyl sites for hydroxylation is 1. The van der Waals surface area contributed by atoms with E-state index in [1.165, 1.54) is 11.8 Å². The van der Waals surface area contributed by atoms with Crippen LogP contribution in [0.25, 0.3) is 0 Å². The maximum absolute atomic E-state index is 14.3. The van der Waals surface area contributed by atoms with Gasteiger partial charge in [0.1, 0.15) is 24.1 Å². The highest BCUT2D eigenvalue weighted by atomic mass is 79.9. The van der Waals surface area contributed by atoms with Crippen LogP contribution in [-0.4, -0.2) is 27.3 Å². The van der Waals surface area contributed by atoms with E-state index in [1.807, 2.05) is 92.7 Å². The summed E-state index contributed by atoms with van der Waals surface area (Å²) in [5.41, 5.74) is 5.63. The van der Waals surface area contributed by atoms with Crippen LogP contribution in [0.4, 0.5) is 11.6 Å². The molecule has 5 aromatic rings. The third kappa shape index (κ3) is 7.35. The highest BCUT2D eigenvalue weighted by Gasteiger charge is 2.36. The largest absolute Gasteiger partial charge is 0.492 e. The summed E-state index contributed by atoms with van der Waals surface area (Å²) in [5, 5.41) is 12.6. The summed E-state index contributed by atoms with van der Waals surface area (Å²) in [6.45, 7) is 6.67. The average Bonchev–Trinajstić information content (AvgIpc) is 3.47. The van der Waals surface area contributed by atoms with E-state index in [9.17, 15) is 4.79 Å². The molecule has 2 heterocycles. The lowest BCUT2D eigenvalue weighted by atomic mass is 9.94. The molecule has 0 bridgehead atoms. The minimum atomic E-state index is -0.669. The molecule has 0 fully saturated rings. The third-order valence-corrected chi connectivity index (χ3v) is 9.49. The molecule has 1 aromatic heterocycles. The predicted molar refractivity (Wildman–Crippen MR) is 191 cm³/mol. The minimum Gasteiger partial charge on any atom is -0.492 e. The zero-order valence-electron chi connectivity index (χ0n) is 26.1. The van der Waals surface area contributed by atoms with Gasteiger partial charge in [-0.1, -0.05) is 93.9 Å². The second-order valence-electron chi connectivity index (χ2n) is 10.9. The fourth-order valence-electron chi connectivity index (χ4n) is 5.36. The number of allylic oxidation sites excluding steroid dienone is 1. The van der Waals surface area contributed by atoms with E-state index >= 15 is 0 Å². The molecule has 4 aromatic carbocycles. The van der Waals surface area contributed by atoms with Gasteiger partial charge in [-0.25, -0.2) is 4.68 Å². The number of amides is 1. The Morgan fingerprint density at radius 3 is 2.51 bits per heavy atom. The number of ether oxygens (including phenoxy) is 2. The molecule has 240 valence electrons. The minimum absolute atomic E-state index is 0.302. The van der Waals surface area contributed by atoms with Crippen molar-refractivity contribution in [3.8, 4) is 11.5 Å². The van der Waals surface area contributed by atoms with Crippen LogP contribution in [0.15, 0.2) is 112 Å². The highest BCUT2D eigenvalue weighted by molar-refractivity contribution is 9.10. The Kier molecular flexibility index (Phi) is 10.2. The van der Waals surface area contributed by atoms with Crippen molar-refractivity contribution >= 4 is 56.8 Å². The van der Waals surface area contributed by atoms with Crippen molar-refractivity contribution in [1.29, 1.82) is 0 Å². The number of carbonyl (C=O) groups excluding carboxylic acids is 1. The molecule has 6 rings (SSSR count). The number of rotatable bonds is 11. The molecular formula is C36H33BrClN5O3S. The van der Waals surface area contributed by atoms with Crippen molar-refractivity contribution < 1.29 is 14.3 Å². The third-order valence-electron chi connectivity index (χ3n) is 7.74. The number of para-hydroxylation sites is 2. The van der Waals surface area contributed by atoms with Gasteiger partial charge in [-0.05, 0) is 73.9 Å². The van der Waals surface area contributed by atoms with Crippen LogP contribution in [0.5, 0.6) is 11.5 Å². The first kappa shape index (κ1) is 32.7. The van der Waals surface area contributed by atoms with Crippen molar-refractivity contribution in [3.05, 3.63) is 134 Å². The summed E-state index contributed by atoms with van der Waals surface area (Å²) in [7, 11) is 0. The summed E-state index contributed by atoms with van der Waals surface area (Å²) < 4.78 is 14.9. The Hall–Kier alpha value is -4.25. The molecule has 11 heteroatoms. The SMILES string of the molecule is CCOc1ccccc1NC(=O)C1=C(C)Nc2nc(SCc3ccccc3Cl)nn2C1c1cc(Br)ccc1OCc1ccccc1C. The van der Waals surface area contributed by atoms with Crippen molar-refractivity contribution in [1.82, 2.24) is 14.8 Å². The summed E-state index contributed by atoms with van der Waals surface area (Å²) in [6, 6.07) is 28.4. The smallest absolute Gasteiger partial charge is 0.255 e. The lowest BCUT2D eigenvalue weighted by Crippen LogP contribution is -2.32. The van der Waals surface area contributed by atoms with E-state index in [1.54, 1.807) is 4.68 Å². The van der Waals surface area contributed by atoms with E-state index < -0.39 is 6.04 Å². The maximum atomic E-state index is 14.3. The molecule has 1 atom stereocenters. The van der Waals surface area contributed by atoms with Crippen LogP contribution in [0.1, 0.15) is 42.1 Å². The maximum Gasteiger partial charge on any atom is 0.255 e. The number of hydrogen-bond acceptors (Lipinski definition) is 7. The molecule has 0 saturated heterocycles. The van der Waals surface area contributed by atoms with Gasteiger partial charge >= 0.3 is 0 Å². The van der Waals surface area contributed by atoms with Gasteiger partial charge in [0.05, 0.1) is 17.9 Å².